The van der Waals surface area contributed by atoms with Crippen LogP contribution in [0.2, 0.25) is 0 Å². The summed E-state index contributed by atoms with van der Waals surface area (Å²) in [6, 6.07) is 3.99. The van der Waals surface area contributed by atoms with Crippen molar-refractivity contribution in [1.29, 1.82) is 0 Å². The van der Waals surface area contributed by atoms with Crippen LogP contribution in [0.1, 0.15) is 38.5 Å². The Morgan fingerprint density at radius 1 is 1.05 bits per heavy atom. The fraction of sp³-hybridized carbons (Fsp3) is 0.562. The van der Waals surface area contributed by atoms with Crippen LogP contribution in [0.25, 0.3) is 0 Å². The van der Waals surface area contributed by atoms with Crippen molar-refractivity contribution in [2.45, 2.75) is 44.6 Å². The maximum absolute atomic E-state index is 11.6. The van der Waals surface area contributed by atoms with Gasteiger partial charge in [-0.15, -0.1) is 0 Å². The zero-order chi connectivity index (χ0) is 15.5. The molecule has 0 unspecified atom stereocenters. The predicted octanol–water partition coefficient (Wildman–Crippen LogP) is 2.49. The molecule has 2 saturated carbocycles. The fourth-order valence-electron chi connectivity index (χ4n) is 2.85. The molecular weight excluding hydrogens is 282 g/mol. The van der Waals surface area contributed by atoms with E-state index in [0.29, 0.717) is 11.9 Å². The highest BCUT2D eigenvalue weighted by Gasteiger charge is 2.29. The predicted molar refractivity (Wildman–Crippen MR) is 82.6 cm³/mol. The van der Waals surface area contributed by atoms with Crippen molar-refractivity contribution in [2.24, 2.45) is 11.8 Å². The van der Waals surface area contributed by atoms with Crippen LogP contribution < -0.4 is 10.6 Å². The summed E-state index contributed by atoms with van der Waals surface area (Å²) in [5, 5.41) is 15.2. The lowest BCUT2D eigenvalue weighted by Crippen LogP contribution is -2.29. The van der Waals surface area contributed by atoms with Gasteiger partial charge in [-0.2, -0.15) is 0 Å². The van der Waals surface area contributed by atoms with E-state index >= 15 is 0 Å². The Labute approximate surface area is 129 Å². The molecule has 0 aliphatic heterocycles. The summed E-state index contributed by atoms with van der Waals surface area (Å²) in [5.41, 5.74) is 0.906. The summed E-state index contributed by atoms with van der Waals surface area (Å²) in [4.78, 5) is 26.8. The molecule has 1 aromatic heterocycles. The van der Waals surface area contributed by atoms with Gasteiger partial charge in [0, 0.05) is 12.0 Å². The third kappa shape index (κ3) is 3.75. The van der Waals surface area contributed by atoms with Crippen molar-refractivity contribution < 1.29 is 14.7 Å². The van der Waals surface area contributed by atoms with Crippen molar-refractivity contribution in [1.82, 2.24) is 4.98 Å². The number of carbonyl (C=O) groups is 2. The molecule has 22 heavy (non-hydrogen) atoms. The molecule has 2 aliphatic rings. The van der Waals surface area contributed by atoms with E-state index in [1.807, 2.05) is 6.07 Å². The molecule has 118 valence electrons. The van der Waals surface area contributed by atoms with Gasteiger partial charge >= 0.3 is 5.97 Å². The number of nitrogens with zero attached hydrogens (tertiary/aromatic N) is 1. The Morgan fingerprint density at radius 2 is 1.73 bits per heavy atom. The molecule has 6 heteroatoms. The van der Waals surface area contributed by atoms with Gasteiger partial charge in [0.25, 0.3) is 0 Å². The summed E-state index contributed by atoms with van der Waals surface area (Å²) in [5.74, 6) is -0.0756. The van der Waals surface area contributed by atoms with Gasteiger partial charge < -0.3 is 15.7 Å². The second kappa shape index (κ2) is 6.34. The highest BCUT2D eigenvalue weighted by atomic mass is 16.4. The van der Waals surface area contributed by atoms with Crippen LogP contribution in [0.15, 0.2) is 18.3 Å². The minimum absolute atomic E-state index is 0.0557. The zero-order valence-corrected chi connectivity index (χ0v) is 12.4. The standard InChI is InChI=1S/C16H21N3O3/c20-15(10-1-2-10)19-14-8-7-13(9-17-14)18-12-5-3-11(4-6-12)16(21)22/h7-12,18H,1-6H2,(H,21,22)(H,17,19,20). The van der Waals surface area contributed by atoms with Crippen LogP contribution in [0.5, 0.6) is 0 Å². The number of anilines is 2. The number of pyridine rings is 1. The molecule has 1 amide bonds. The molecular formula is C16H21N3O3. The first-order valence-corrected chi connectivity index (χ1v) is 7.88. The van der Waals surface area contributed by atoms with Crippen LogP contribution in [0, 0.1) is 11.8 Å². The minimum atomic E-state index is -0.684. The Balaban J connectivity index is 1.49. The normalized spacial score (nSPS) is 24.5. The molecule has 0 radical (unpaired) electrons. The summed E-state index contributed by atoms with van der Waals surface area (Å²) in [7, 11) is 0. The quantitative estimate of drug-likeness (QED) is 0.777. The van der Waals surface area contributed by atoms with E-state index in [-0.39, 0.29) is 17.7 Å². The number of carboxylic acids is 1. The first-order chi connectivity index (χ1) is 10.6. The van der Waals surface area contributed by atoms with Crippen molar-refractivity contribution in [2.75, 3.05) is 10.6 Å². The first kappa shape index (κ1) is 14.8. The highest BCUT2D eigenvalue weighted by molar-refractivity contribution is 5.93. The van der Waals surface area contributed by atoms with Gasteiger partial charge in [0.05, 0.1) is 17.8 Å². The summed E-state index contributed by atoms with van der Waals surface area (Å²) >= 11 is 0. The summed E-state index contributed by atoms with van der Waals surface area (Å²) in [6.07, 6.45) is 6.82. The molecule has 0 spiro atoms. The van der Waals surface area contributed by atoms with E-state index in [0.717, 1.165) is 44.2 Å². The molecule has 0 atom stereocenters. The lowest BCUT2D eigenvalue weighted by molar-refractivity contribution is -0.142. The number of aliphatic carboxylic acids is 1. The van der Waals surface area contributed by atoms with Gasteiger partial charge in [-0.25, -0.2) is 4.98 Å². The SMILES string of the molecule is O=C(O)C1CCC(Nc2ccc(NC(=O)C3CC3)nc2)CC1. The molecule has 1 heterocycles. The smallest absolute Gasteiger partial charge is 0.306 e. The fourth-order valence-corrected chi connectivity index (χ4v) is 2.85. The summed E-state index contributed by atoms with van der Waals surface area (Å²) < 4.78 is 0. The maximum atomic E-state index is 11.6. The highest BCUT2D eigenvalue weighted by Crippen LogP contribution is 2.30. The molecule has 0 saturated heterocycles. The second-order valence-corrected chi connectivity index (χ2v) is 6.23. The van der Waals surface area contributed by atoms with Crippen LogP contribution in [-0.2, 0) is 9.59 Å². The minimum Gasteiger partial charge on any atom is -0.481 e. The monoisotopic (exact) mass is 303 g/mol. The van der Waals surface area contributed by atoms with Gasteiger partial charge in [-0.3, -0.25) is 9.59 Å². The average molecular weight is 303 g/mol. The number of rotatable bonds is 5. The van der Waals surface area contributed by atoms with Crippen LogP contribution in [0.4, 0.5) is 11.5 Å². The Bertz CT molecular complexity index is 546. The molecule has 0 aromatic carbocycles. The second-order valence-electron chi connectivity index (χ2n) is 6.23. The largest absolute Gasteiger partial charge is 0.481 e. The average Bonchev–Trinajstić information content (AvgIpc) is 3.34. The van der Waals surface area contributed by atoms with Crippen LogP contribution in [-0.4, -0.2) is 28.0 Å². The third-order valence-corrected chi connectivity index (χ3v) is 4.41. The van der Waals surface area contributed by atoms with Crippen molar-refractivity contribution >= 4 is 23.4 Å². The van der Waals surface area contributed by atoms with Gasteiger partial charge in [-0.05, 0) is 50.7 Å². The van der Waals surface area contributed by atoms with Crippen LogP contribution in [0.3, 0.4) is 0 Å². The number of carbonyl (C=O) groups excluding carboxylic acids is 1. The van der Waals surface area contributed by atoms with Crippen molar-refractivity contribution in [3.8, 4) is 0 Å². The van der Waals surface area contributed by atoms with E-state index in [1.54, 1.807) is 12.3 Å². The van der Waals surface area contributed by atoms with Gasteiger partial charge in [0.1, 0.15) is 5.82 Å². The van der Waals surface area contributed by atoms with Gasteiger partial charge in [0.15, 0.2) is 0 Å². The number of amides is 1. The maximum Gasteiger partial charge on any atom is 0.306 e. The topological polar surface area (TPSA) is 91.3 Å². The molecule has 6 nitrogen and oxygen atoms in total. The Hall–Kier alpha value is -2.11. The van der Waals surface area contributed by atoms with Crippen LogP contribution >= 0.6 is 0 Å². The molecule has 3 rings (SSSR count). The third-order valence-electron chi connectivity index (χ3n) is 4.41. The molecule has 3 N–H and O–H groups in total. The lowest BCUT2D eigenvalue weighted by Gasteiger charge is -2.27. The lowest BCUT2D eigenvalue weighted by atomic mass is 9.86. The number of hydrogen-bond donors (Lipinski definition) is 3. The number of aromatic nitrogens is 1. The van der Waals surface area contributed by atoms with E-state index in [1.165, 1.54) is 0 Å². The van der Waals surface area contributed by atoms with E-state index in [2.05, 4.69) is 15.6 Å². The zero-order valence-electron chi connectivity index (χ0n) is 12.4. The molecule has 1 aromatic rings. The van der Waals surface area contributed by atoms with Crippen molar-refractivity contribution in [3.63, 3.8) is 0 Å². The van der Waals surface area contributed by atoms with Crippen molar-refractivity contribution in [3.05, 3.63) is 18.3 Å². The van der Waals surface area contributed by atoms with E-state index in [4.69, 9.17) is 5.11 Å². The summed E-state index contributed by atoms with van der Waals surface area (Å²) in [6.45, 7) is 0. The molecule has 2 fully saturated rings. The molecule has 2 aliphatic carbocycles. The van der Waals surface area contributed by atoms with E-state index in [9.17, 15) is 9.59 Å². The number of hydrogen-bond acceptors (Lipinski definition) is 4. The first-order valence-electron chi connectivity index (χ1n) is 7.88. The van der Waals surface area contributed by atoms with Gasteiger partial charge in [-0.1, -0.05) is 0 Å². The molecule has 0 bridgehead atoms. The Morgan fingerprint density at radius 3 is 2.27 bits per heavy atom. The van der Waals surface area contributed by atoms with E-state index < -0.39 is 5.97 Å². The number of nitrogens with one attached hydrogen (secondary N) is 2. The van der Waals surface area contributed by atoms with Gasteiger partial charge in [0.2, 0.25) is 5.91 Å². The Kier molecular flexibility index (Phi) is 4.27. The number of carboxylic acid groups (broad SMARTS) is 1.